The number of aromatic nitrogens is 1. The summed E-state index contributed by atoms with van der Waals surface area (Å²) in [6.07, 6.45) is 1.07. The number of hydrogen-bond acceptors (Lipinski definition) is 4. The van der Waals surface area contributed by atoms with Crippen LogP contribution in [0.15, 0.2) is 12.1 Å². The first-order chi connectivity index (χ1) is 8.77. The fourth-order valence-electron chi connectivity index (χ4n) is 2.41. The van der Waals surface area contributed by atoms with Crippen molar-refractivity contribution in [2.24, 2.45) is 11.3 Å². The molecule has 1 unspecified atom stereocenters. The molecule has 0 N–H and O–H groups in total. The Kier molecular flexibility index (Phi) is 3.67. The molecule has 0 aliphatic carbocycles. The third kappa shape index (κ3) is 3.15. The van der Waals surface area contributed by atoms with Gasteiger partial charge in [0, 0.05) is 13.1 Å². The molecule has 1 saturated heterocycles. The molecule has 1 aliphatic rings. The van der Waals surface area contributed by atoms with E-state index < -0.39 is 4.92 Å². The van der Waals surface area contributed by atoms with Gasteiger partial charge in [-0.2, -0.15) is 0 Å². The minimum Gasteiger partial charge on any atom is -0.356 e. The molecule has 0 radical (unpaired) electrons. The van der Waals surface area contributed by atoms with E-state index >= 15 is 0 Å². The van der Waals surface area contributed by atoms with Gasteiger partial charge < -0.3 is 4.90 Å². The van der Waals surface area contributed by atoms with Crippen LogP contribution in [-0.4, -0.2) is 23.0 Å². The largest absolute Gasteiger partial charge is 0.356 e. The van der Waals surface area contributed by atoms with Gasteiger partial charge in [-0.1, -0.05) is 32.4 Å². The number of pyridine rings is 1. The molecule has 0 saturated carbocycles. The summed E-state index contributed by atoms with van der Waals surface area (Å²) in [5, 5.41) is 11.0. The summed E-state index contributed by atoms with van der Waals surface area (Å²) < 4.78 is 0. The van der Waals surface area contributed by atoms with Crippen molar-refractivity contribution in [3.05, 3.63) is 27.4 Å². The Morgan fingerprint density at radius 3 is 2.68 bits per heavy atom. The van der Waals surface area contributed by atoms with Crippen molar-refractivity contribution in [3.63, 3.8) is 0 Å². The summed E-state index contributed by atoms with van der Waals surface area (Å²) in [6, 6.07) is 2.78. The third-order valence-electron chi connectivity index (χ3n) is 3.71. The van der Waals surface area contributed by atoms with Crippen molar-refractivity contribution in [3.8, 4) is 0 Å². The number of hydrogen-bond donors (Lipinski definition) is 0. The van der Waals surface area contributed by atoms with E-state index in [1.54, 1.807) is 0 Å². The first-order valence-electron chi connectivity index (χ1n) is 6.34. The van der Waals surface area contributed by atoms with Crippen LogP contribution in [0.25, 0.3) is 0 Å². The van der Waals surface area contributed by atoms with Crippen LogP contribution in [0, 0.1) is 21.4 Å². The Labute approximate surface area is 117 Å². The smallest absolute Gasteiger partial charge is 0.276 e. The molecule has 1 aromatic heterocycles. The predicted octanol–water partition coefficient (Wildman–Crippen LogP) is 3.52. The molecule has 0 bridgehead atoms. The average Bonchev–Trinajstić information content (AvgIpc) is 2.76. The van der Waals surface area contributed by atoms with Gasteiger partial charge in [0.05, 0.1) is 17.1 Å². The zero-order valence-corrected chi connectivity index (χ0v) is 12.1. The van der Waals surface area contributed by atoms with Gasteiger partial charge in [-0.3, -0.25) is 10.1 Å². The quantitative estimate of drug-likeness (QED) is 0.473. The summed E-state index contributed by atoms with van der Waals surface area (Å²) in [5.74, 6) is 1.17. The predicted molar refractivity (Wildman–Crippen MR) is 75.7 cm³/mol. The van der Waals surface area contributed by atoms with Gasteiger partial charge in [0.15, 0.2) is 0 Å². The first kappa shape index (κ1) is 14.1. The van der Waals surface area contributed by atoms with Crippen molar-refractivity contribution < 1.29 is 4.92 Å². The second kappa shape index (κ2) is 4.96. The van der Waals surface area contributed by atoms with E-state index in [-0.39, 0.29) is 16.3 Å². The number of nitrogens with zero attached hydrogens (tertiary/aromatic N) is 3. The van der Waals surface area contributed by atoms with Crippen molar-refractivity contribution in [2.75, 3.05) is 18.0 Å². The number of anilines is 1. The molecule has 0 spiro atoms. The Balaban J connectivity index is 2.22. The highest BCUT2D eigenvalue weighted by molar-refractivity contribution is 6.29. The van der Waals surface area contributed by atoms with Crippen LogP contribution in [0.2, 0.25) is 5.15 Å². The van der Waals surface area contributed by atoms with E-state index in [1.165, 1.54) is 12.1 Å². The maximum absolute atomic E-state index is 10.8. The van der Waals surface area contributed by atoms with Crippen LogP contribution in [0.3, 0.4) is 0 Å². The zero-order valence-electron chi connectivity index (χ0n) is 11.4. The van der Waals surface area contributed by atoms with Gasteiger partial charge in [0.25, 0.3) is 5.69 Å². The van der Waals surface area contributed by atoms with Crippen molar-refractivity contribution in [1.82, 2.24) is 4.98 Å². The Hall–Kier alpha value is -1.36. The minimum atomic E-state index is -0.436. The second-order valence-electron chi connectivity index (χ2n) is 6.06. The highest BCUT2D eigenvalue weighted by Gasteiger charge is 2.32. The van der Waals surface area contributed by atoms with Gasteiger partial charge in [0.2, 0.25) is 0 Å². The summed E-state index contributed by atoms with van der Waals surface area (Å²) in [6.45, 7) is 8.39. The van der Waals surface area contributed by atoms with E-state index in [0.717, 1.165) is 19.5 Å². The molecule has 0 amide bonds. The normalized spacial score (nSPS) is 19.8. The molecule has 1 atom stereocenters. The lowest BCUT2D eigenvalue weighted by molar-refractivity contribution is -0.384. The molecule has 104 valence electrons. The number of nitro groups is 1. The Morgan fingerprint density at radius 1 is 1.47 bits per heavy atom. The average molecular weight is 284 g/mol. The fraction of sp³-hybridized carbons (Fsp3) is 0.615. The molecule has 0 aromatic carbocycles. The minimum absolute atomic E-state index is 0.00536. The summed E-state index contributed by atoms with van der Waals surface area (Å²) in [5.41, 5.74) is 0.230. The molecule has 6 heteroatoms. The maximum atomic E-state index is 10.8. The molecule has 1 aliphatic heterocycles. The van der Waals surface area contributed by atoms with E-state index in [9.17, 15) is 10.1 Å². The lowest BCUT2D eigenvalue weighted by Gasteiger charge is -2.27. The SMILES string of the molecule is CC(C)(C)C1CCN(c2cc([N+](=O)[O-])cc(Cl)n2)C1. The van der Waals surface area contributed by atoms with Gasteiger partial charge in [-0.25, -0.2) is 4.98 Å². The van der Waals surface area contributed by atoms with Gasteiger partial charge in [-0.15, -0.1) is 0 Å². The van der Waals surface area contributed by atoms with Crippen LogP contribution >= 0.6 is 11.6 Å². The maximum Gasteiger partial charge on any atom is 0.276 e. The van der Waals surface area contributed by atoms with E-state index in [0.29, 0.717) is 11.7 Å². The van der Waals surface area contributed by atoms with Crippen LogP contribution < -0.4 is 4.90 Å². The van der Waals surface area contributed by atoms with Crippen molar-refractivity contribution in [2.45, 2.75) is 27.2 Å². The van der Waals surface area contributed by atoms with Gasteiger partial charge in [0.1, 0.15) is 11.0 Å². The molecule has 1 fully saturated rings. The lowest BCUT2D eigenvalue weighted by atomic mass is 9.80. The summed E-state index contributed by atoms with van der Waals surface area (Å²) in [7, 11) is 0. The molecular weight excluding hydrogens is 266 g/mol. The zero-order chi connectivity index (χ0) is 14.2. The number of rotatable bonds is 2. The van der Waals surface area contributed by atoms with Crippen LogP contribution in [0.4, 0.5) is 11.5 Å². The lowest BCUT2D eigenvalue weighted by Crippen LogP contribution is -2.26. The van der Waals surface area contributed by atoms with Crippen molar-refractivity contribution in [1.29, 1.82) is 0 Å². The van der Waals surface area contributed by atoms with Crippen molar-refractivity contribution >= 4 is 23.1 Å². The van der Waals surface area contributed by atoms with Gasteiger partial charge >= 0.3 is 0 Å². The van der Waals surface area contributed by atoms with E-state index in [2.05, 4.69) is 30.7 Å². The summed E-state index contributed by atoms with van der Waals surface area (Å²) >= 11 is 5.86. The Morgan fingerprint density at radius 2 is 2.16 bits per heavy atom. The molecule has 19 heavy (non-hydrogen) atoms. The molecule has 2 rings (SSSR count). The topological polar surface area (TPSA) is 59.3 Å². The molecule has 1 aromatic rings. The molecule has 5 nitrogen and oxygen atoms in total. The highest BCUT2D eigenvalue weighted by Crippen LogP contribution is 2.36. The monoisotopic (exact) mass is 283 g/mol. The first-order valence-corrected chi connectivity index (χ1v) is 6.72. The van der Waals surface area contributed by atoms with E-state index in [1.807, 2.05) is 0 Å². The Bertz CT molecular complexity index is 499. The highest BCUT2D eigenvalue weighted by atomic mass is 35.5. The van der Waals surface area contributed by atoms with Gasteiger partial charge in [-0.05, 0) is 17.8 Å². The van der Waals surface area contributed by atoms with Crippen LogP contribution in [0.5, 0.6) is 0 Å². The number of halogens is 1. The van der Waals surface area contributed by atoms with Crippen LogP contribution in [-0.2, 0) is 0 Å². The summed E-state index contributed by atoms with van der Waals surface area (Å²) in [4.78, 5) is 16.7. The van der Waals surface area contributed by atoms with Crippen LogP contribution in [0.1, 0.15) is 27.2 Å². The molecular formula is C13H18ClN3O2. The fourth-order valence-corrected chi connectivity index (χ4v) is 2.61. The van der Waals surface area contributed by atoms with E-state index in [4.69, 9.17) is 11.6 Å². The third-order valence-corrected chi connectivity index (χ3v) is 3.91. The second-order valence-corrected chi connectivity index (χ2v) is 6.45. The standard InChI is InChI=1S/C13H18ClN3O2/c1-13(2,3)9-4-5-16(8-9)12-7-10(17(18)19)6-11(14)15-12/h6-7,9H,4-5,8H2,1-3H3. The molecule has 2 heterocycles.